The van der Waals surface area contributed by atoms with Crippen molar-refractivity contribution in [2.75, 3.05) is 18.5 Å². The SMILES string of the molecule is CCOc1ccc(NC(=O)c2cc(C)nc3ccc(C)cc23)cc1OCC. The van der Waals surface area contributed by atoms with E-state index in [9.17, 15) is 4.79 Å². The second kappa shape index (κ2) is 8.08. The number of rotatable bonds is 6. The van der Waals surface area contributed by atoms with Crippen LogP contribution in [-0.2, 0) is 0 Å². The number of aromatic nitrogens is 1. The van der Waals surface area contributed by atoms with Crippen molar-refractivity contribution in [1.82, 2.24) is 4.98 Å². The normalized spacial score (nSPS) is 10.7. The number of carbonyl (C=O) groups is 1. The number of anilines is 1. The molecule has 1 N–H and O–H groups in total. The Morgan fingerprint density at radius 1 is 0.963 bits per heavy atom. The summed E-state index contributed by atoms with van der Waals surface area (Å²) in [6.45, 7) is 8.79. The van der Waals surface area contributed by atoms with Crippen molar-refractivity contribution in [2.45, 2.75) is 27.7 Å². The Hall–Kier alpha value is -3.08. The summed E-state index contributed by atoms with van der Waals surface area (Å²) >= 11 is 0. The molecule has 0 aliphatic rings. The third kappa shape index (κ3) is 4.19. The lowest BCUT2D eigenvalue weighted by Gasteiger charge is -2.14. The lowest BCUT2D eigenvalue weighted by Crippen LogP contribution is -2.13. The summed E-state index contributed by atoms with van der Waals surface area (Å²) in [4.78, 5) is 17.5. The van der Waals surface area contributed by atoms with Crippen LogP contribution in [0.4, 0.5) is 5.69 Å². The van der Waals surface area contributed by atoms with Crippen LogP contribution in [0.2, 0.25) is 0 Å². The monoisotopic (exact) mass is 364 g/mol. The van der Waals surface area contributed by atoms with E-state index in [2.05, 4.69) is 10.3 Å². The molecular formula is C22H24N2O3. The van der Waals surface area contributed by atoms with E-state index in [1.165, 1.54) is 0 Å². The van der Waals surface area contributed by atoms with Crippen molar-refractivity contribution in [3.8, 4) is 11.5 Å². The molecule has 3 aromatic rings. The van der Waals surface area contributed by atoms with Gasteiger partial charge in [0.2, 0.25) is 0 Å². The fourth-order valence-corrected chi connectivity index (χ4v) is 2.99. The van der Waals surface area contributed by atoms with E-state index < -0.39 is 0 Å². The van der Waals surface area contributed by atoms with Crippen molar-refractivity contribution in [1.29, 1.82) is 0 Å². The van der Waals surface area contributed by atoms with Crippen LogP contribution >= 0.6 is 0 Å². The van der Waals surface area contributed by atoms with E-state index in [0.717, 1.165) is 22.2 Å². The molecule has 0 radical (unpaired) electrons. The number of nitrogens with one attached hydrogen (secondary N) is 1. The van der Waals surface area contributed by atoms with Crippen molar-refractivity contribution in [3.63, 3.8) is 0 Å². The molecule has 0 fully saturated rings. The molecule has 0 aliphatic carbocycles. The third-order valence-electron chi connectivity index (χ3n) is 4.14. The molecule has 2 aromatic carbocycles. The van der Waals surface area contributed by atoms with E-state index in [1.54, 1.807) is 6.07 Å². The molecule has 5 nitrogen and oxygen atoms in total. The first kappa shape index (κ1) is 18.7. The standard InChI is InChI=1S/C22H24N2O3/c1-5-26-20-10-8-16(13-21(20)27-6-2)24-22(25)18-12-15(4)23-19-9-7-14(3)11-17(18)19/h7-13H,5-6H2,1-4H3,(H,24,25). The number of carbonyl (C=O) groups excluding carboxylic acids is 1. The molecule has 0 saturated carbocycles. The summed E-state index contributed by atoms with van der Waals surface area (Å²) in [6, 6.07) is 13.1. The number of benzene rings is 2. The second-order valence-electron chi connectivity index (χ2n) is 6.31. The number of hydrogen-bond donors (Lipinski definition) is 1. The summed E-state index contributed by atoms with van der Waals surface area (Å²) in [7, 11) is 0. The average Bonchev–Trinajstić information content (AvgIpc) is 2.64. The highest BCUT2D eigenvalue weighted by Gasteiger charge is 2.14. The highest BCUT2D eigenvalue weighted by atomic mass is 16.5. The molecule has 27 heavy (non-hydrogen) atoms. The van der Waals surface area contributed by atoms with Gasteiger partial charge in [0, 0.05) is 22.8 Å². The Labute approximate surface area is 159 Å². The predicted octanol–water partition coefficient (Wildman–Crippen LogP) is 4.90. The lowest BCUT2D eigenvalue weighted by atomic mass is 10.0. The molecule has 1 amide bonds. The van der Waals surface area contributed by atoms with E-state index in [1.807, 2.05) is 64.1 Å². The van der Waals surface area contributed by atoms with Gasteiger partial charge >= 0.3 is 0 Å². The van der Waals surface area contributed by atoms with Gasteiger partial charge in [-0.25, -0.2) is 0 Å². The van der Waals surface area contributed by atoms with E-state index in [-0.39, 0.29) is 5.91 Å². The van der Waals surface area contributed by atoms with Gasteiger partial charge in [0.05, 0.1) is 24.3 Å². The van der Waals surface area contributed by atoms with Gasteiger partial charge in [0.15, 0.2) is 11.5 Å². The smallest absolute Gasteiger partial charge is 0.256 e. The van der Waals surface area contributed by atoms with Crippen molar-refractivity contribution in [3.05, 3.63) is 59.3 Å². The number of nitrogens with zero attached hydrogens (tertiary/aromatic N) is 1. The van der Waals surface area contributed by atoms with E-state index >= 15 is 0 Å². The van der Waals surface area contributed by atoms with Crippen LogP contribution in [0.15, 0.2) is 42.5 Å². The fourth-order valence-electron chi connectivity index (χ4n) is 2.99. The minimum atomic E-state index is -0.178. The Morgan fingerprint density at radius 3 is 2.44 bits per heavy atom. The topological polar surface area (TPSA) is 60.5 Å². The summed E-state index contributed by atoms with van der Waals surface area (Å²) in [6.07, 6.45) is 0. The number of fused-ring (bicyclic) bond motifs is 1. The molecule has 0 spiro atoms. The summed E-state index contributed by atoms with van der Waals surface area (Å²) in [5.74, 6) is 1.10. The molecule has 0 bridgehead atoms. The molecule has 1 aromatic heterocycles. The Balaban J connectivity index is 1.95. The first-order valence-electron chi connectivity index (χ1n) is 9.10. The Kier molecular flexibility index (Phi) is 5.60. The van der Waals surface area contributed by atoms with Crippen LogP contribution in [0, 0.1) is 13.8 Å². The van der Waals surface area contributed by atoms with Crippen molar-refractivity contribution < 1.29 is 14.3 Å². The van der Waals surface area contributed by atoms with Gasteiger partial charge in [0.25, 0.3) is 5.91 Å². The quantitative estimate of drug-likeness (QED) is 0.676. The molecule has 0 aliphatic heterocycles. The highest BCUT2D eigenvalue weighted by Crippen LogP contribution is 2.31. The van der Waals surface area contributed by atoms with Crippen molar-refractivity contribution >= 4 is 22.5 Å². The number of amides is 1. The molecule has 140 valence electrons. The lowest BCUT2D eigenvalue weighted by molar-refractivity contribution is 0.102. The largest absolute Gasteiger partial charge is 0.490 e. The van der Waals surface area contributed by atoms with Gasteiger partial charge in [-0.15, -0.1) is 0 Å². The highest BCUT2D eigenvalue weighted by molar-refractivity contribution is 6.12. The maximum absolute atomic E-state index is 13.0. The molecule has 3 rings (SSSR count). The molecule has 0 atom stereocenters. The minimum Gasteiger partial charge on any atom is -0.490 e. The number of hydrogen-bond acceptors (Lipinski definition) is 4. The van der Waals surface area contributed by atoms with Crippen LogP contribution in [0.25, 0.3) is 10.9 Å². The Morgan fingerprint density at radius 2 is 1.70 bits per heavy atom. The molecule has 1 heterocycles. The summed E-state index contributed by atoms with van der Waals surface area (Å²) < 4.78 is 11.2. The number of ether oxygens (including phenoxy) is 2. The zero-order valence-electron chi connectivity index (χ0n) is 16.1. The van der Waals surface area contributed by atoms with Crippen LogP contribution in [0.3, 0.4) is 0 Å². The van der Waals surface area contributed by atoms with E-state index in [0.29, 0.717) is 36.0 Å². The van der Waals surface area contributed by atoms with Gasteiger partial charge in [-0.3, -0.25) is 9.78 Å². The number of pyridine rings is 1. The molecular weight excluding hydrogens is 340 g/mol. The molecule has 0 unspecified atom stereocenters. The number of aryl methyl sites for hydroxylation is 2. The van der Waals surface area contributed by atoms with Crippen molar-refractivity contribution in [2.24, 2.45) is 0 Å². The fraction of sp³-hybridized carbons (Fsp3) is 0.273. The maximum Gasteiger partial charge on any atom is 0.256 e. The van der Waals surface area contributed by atoms with Gasteiger partial charge in [-0.05, 0) is 58.0 Å². The van der Waals surface area contributed by atoms with Crippen LogP contribution in [-0.4, -0.2) is 24.1 Å². The van der Waals surface area contributed by atoms with Gasteiger partial charge < -0.3 is 14.8 Å². The van der Waals surface area contributed by atoms with Gasteiger partial charge in [-0.2, -0.15) is 0 Å². The summed E-state index contributed by atoms with van der Waals surface area (Å²) in [5.41, 5.74) is 3.96. The second-order valence-corrected chi connectivity index (χ2v) is 6.31. The maximum atomic E-state index is 13.0. The van der Waals surface area contributed by atoms with Crippen LogP contribution in [0.5, 0.6) is 11.5 Å². The Bertz CT molecular complexity index is 983. The van der Waals surface area contributed by atoms with Gasteiger partial charge in [-0.1, -0.05) is 11.6 Å². The zero-order chi connectivity index (χ0) is 19.4. The zero-order valence-corrected chi connectivity index (χ0v) is 16.1. The molecule has 0 saturated heterocycles. The predicted molar refractivity (Wildman–Crippen MR) is 108 cm³/mol. The first-order valence-corrected chi connectivity index (χ1v) is 9.10. The third-order valence-corrected chi connectivity index (χ3v) is 4.14. The first-order chi connectivity index (χ1) is 13.0. The average molecular weight is 364 g/mol. The molecule has 5 heteroatoms. The minimum absolute atomic E-state index is 0.178. The van der Waals surface area contributed by atoms with Gasteiger partial charge in [0.1, 0.15) is 0 Å². The summed E-state index contributed by atoms with van der Waals surface area (Å²) in [5, 5.41) is 3.80. The van der Waals surface area contributed by atoms with Crippen LogP contribution < -0.4 is 14.8 Å². The van der Waals surface area contributed by atoms with E-state index in [4.69, 9.17) is 9.47 Å². The van der Waals surface area contributed by atoms with Crippen LogP contribution in [0.1, 0.15) is 35.5 Å².